The summed E-state index contributed by atoms with van der Waals surface area (Å²) in [7, 11) is 1.33. The Morgan fingerprint density at radius 3 is 1.82 bits per heavy atom. The quantitative estimate of drug-likeness (QED) is 0.610. The molecular formula is C18H17NO2Se. The van der Waals surface area contributed by atoms with E-state index in [4.69, 9.17) is 4.74 Å². The van der Waals surface area contributed by atoms with Crippen LogP contribution in [0.15, 0.2) is 60.7 Å². The SMILES string of the molecule is COC(=O)C(C#N)=[Se](Cc1ccccc1)Cc1ccccc1. The summed E-state index contributed by atoms with van der Waals surface area (Å²) < 4.78 is 5.09. The second-order valence-corrected chi connectivity index (χ2v) is 8.82. The molecule has 0 aromatic heterocycles. The molecule has 0 N–H and O–H groups in total. The first kappa shape index (κ1) is 16.2. The van der Waals surface area contributed by atoms with Gasteiger partial charge in [0.15, 0.2) is 0 Å². The number of hydrogen-bond acceptors (Lipinski definition) is 3. The number of hydrogen-bond donors (Lipinski definition) is 0. The fraction of sp³-hybridized carbons (Fsp3) is 0.167. The molecule has 112 valence electrons. The van der Waals surface area contributed by atoms with Crippen molar-refractivity contribution in [3.05, 3.63) is 71.8 Å². The maximum absolute atomic E-state index is 11.9. The first-order valence-electron chi connectivity index (χ1n) is 6.85. The third-order valence-electron chi connectivity index (χ3n) is 3.13. The van der Waals surface area contributed by atoms with Crippen molar-refractivity contribution in [1.29, 1.82) is 5.26 Å². The van der Waals surface area contributed by atoms with Gasteiger partial charge in [0.25, 0.3) is 0 Å². The molecule has 0 aliphatic heterocycles. The van der Waals surface area contributed by atoms with E-state index < -0.39 is 19.4 Å². The van der Waals surface area contributed by atoms with Gasteiger partial charge in [0.05, 0.1) is 0 Å². The maximum atomic E-state index is 11.9. The molecule has 2 rings (SSSR count). The van der Waals surface area contributed by atoms with Crippen molar-refractivity contribution in [2.45, 2.75) is 10.6 Å². The van der Waals surface area contributed by atoms with E-state index in [9.17, 15) is 10.1 Å². The van der Waals surface area contributed by atoms with Gasteiger partial charge in [-0.1, -0.05) is 0 Å². The second-order valence-electron chi connectivity index (χ2n) is 4.69. The van der Waals surface area contributed by atoms with Gasteiger partial charge in [0.1, 0.15) is 0 Å². The van der Waals surface area contributed by atoms with Crippen LogP contribution in [0.2, 0.25) is 0 Å². The molecule has 0 atom stereocenters. The zero-order valence-electron chi connectivity index (χ0n) is 12.4. The van der Waals surface area contributed by atoms with E-state index in [0.29, 0.717) is 4.42 Å². The summed E-state index contributed by atoms with van der Waals surface area (Å²) in [4.78, 5) is 11.9. The van der Waals surface area contributed by atoms with E-state index in [0.717, 1.165) is 21.8 Å². The summed E-state index contributed by atoms with van der Waals surface area (Å²) >= 11 is -1.64. The number of carbonyl (C=O) groups excluding carboxylic acids is 1. The molecule has 0 radical (unpaired) electrons. The van der Waals surface area contributed by atoms with Crippen molar-refractivity contribution < 1.29 is 9.53 Å². The molecule has 2 aromatic rings. The summed E-state index contributed by atoms with van der Waals surface area (Å²) in [6, 6.07) is 22.1. The summed E-state index contributed by atoms with van der Waals surface area (Å²) in [5.74, 6) is -0.487. The van der Waals surface area contributed by atoms with Crippen molar-refractivity contribution in [3.63, 3.8) is 0 Å². The van der Waals surface area contributed by atoms with E-state index in [2.05, 4.69) is 6.07 Å². The monoisotopic (exact) mass is 359 g/mol. The van der Waals surface area contributed by atoms with Crippen molar-refractivity contribution in [1.82, 2.24) is 0 Å². The standard InChI is InChI=1S/C18H17NO2Se/c1-21-18(20)17(12-19)22(13-15-8-4-2-5-9-15)14-16-10-6-3-7-11-16/h2-11H,13-14H2,1H3. The number of rotatable bonds is 5. The summed E-state index contributed by atoms with van der Waals surface area (Å²) in [5.41, 5.74) is 2.31. The van der Waals surface area contributed by atoms with Crippen LogP contribution in [0, 0.1) is 11.3 Å². The van der Waals surface area contributed by atoms with Crippen molar-refractivity contribution in [2.75, 3.05) is 7.11 Å². The molecule has 3 nitrogen and oxygen atoms in total. The molecule has 0 unspecified atom stereocenters. The Morgan fingerprint density at radius 1 is 1.00 bits per heavy atom. The van der Waals surface area contributed by atoms with Gasteiger partial charge in [-0.15, -0.1) is 0 Å². The predicted molar refractivity (Wildman–Crippen MR) is 88.7 cm³/mol. The van der Waals surface area contributed by atoms with E-state index in [1.807, 2.05) is 60.7 Å². The first-order valence-corrected chi connectivity index (χ1v) is 10.1. The van der Waals surface area contributed by atoms with E-state index >= 15 is 0 Å². The number of ether oxygens (including phenoxy) is 1. The van der Waals surface area contributed by atoms with Gasteiger partial charge in [-0.3, -0.25) is 0 Å². The van der Waals surface area contributed by atoms with E-state index in [-0.39, 0.29) is 0 Å². The van der Waals surface area contributed by atoms with Crippen LogP contribution < -0.4 is 0 Å². The van der Waals surface area contributed by atoms with Crippen LogP contribution in [-0.4, -0.2) is 31.0 Å². The summed E-state index contributed by atoms with van der Waals surface area (Å²) in [6.45, 7) is 0. The number of esters is 1. The Balaban J connectivity index is 2.38. The molecule has 22 heavy (non-hydrogen) atoms. The van der Waals surface area contributed by atoms with Gasteiger partial charge < -0.3 is 0 Å². The van der Waals surface area contributed by atoms with Gasteiger partial charge in [0.2, 0.25) is 0 Å². The number of nitriles is 1. The molecular weight excluding hydrogens is 341 g/mol. The molecule has 0 saturated carbocycles. The minimum absolute atomic E-state index is 0.301. The summed E-state index contributed by atoms with van der Waals surface area (Å²) in [5, 5.41) is 10.9. The van der Waals surface area contributed by atoms with Crippen molar-refractivity contribution in [2.24, 2.45) is 0 Å². The number of benzene rings is 2. The molecule has 0 saturated heterocycles. The second kappa shape index (κ2) is 8.29. The third-order valence-corrected chi connectivity index (χ3v) is 7.74. The van der Waals surface area contributed by atoms with Gasteiger partial charge >= 0.3 is 134 Å². The Hall–Kier alpha value is -2.21. The Morgan fingerprint density at radius 2 is 1.45 bits per heavy atom. The molecule has 0 aliphatic rings. The fourth-order valence-electron chi connectivity index (χ4n) is 2.07. The van der Waals surface area contributed by atoms with Crippen LogP contribution in [-0.2, 0) is 20.2 Å². The Bertz CT molecular complexity index is 659. The molecule has 4 heteroatoms. The van der Waals surface area contributed by atoms with Crippen LogP contribution in [0.3, 0.4) is 0 Å². The normalized spacial score (nSPS) is 10.0. The number of methoxy groups -OCH3 is 1. The van der Waals surface area contributed by atoms with E-state index in [1.54, 1.807) is 0 Å². The van der Waals surface area contributed by atoms with Crippen molar-refractivity contribution in [3.8, 4) is 6.07 Å². The molecule has 0 bridgehead atoms. The topological polar surface area (TPSA) is 50.1 Å². The van der Waals surface area contributed by atoms with Crippen LogP contribution in [0.1, 0.15) is 11.1 Å². The molecule has 0 spiro atoms. The predicted octanol–water partition coefficient (Wildman–Crippen LogP) is 2.50. The van der Waals surface area contributed by atoms with Crippen LogP contribution in [0.4, 0.5) is 0 Å². The third kappa shape index (κ3) is 4.39. The number of carbonyl (C=O) groups is 1. The zero-order chi connectivity index (χ0) is 15.8. The van der Waals surface area contributed by atoms with E-state index in [1.165, 1.54) is 7.11 Å². The molecule has 0 amide bonds. The average molecular weight is 358 g/mol. The first-order chi connectivity index (χ1) is 10.7. The van der Waals surface area contributed by atoms with Crippen LogP contribution >= 0.6 is 0 Å². The minimum atomic E-state index is -1.64. The van der Waals surface area contributed by atoms with Crippen LogP contribution in [0.5, 0.6) is 0 Å². The summed E-state index contributed by atoms with van der Waals surface area (Å²) in [6.07, 6.45) is 0. The molecule has 0 fully saturated rings. The Labute approximate surface area is 134 Å². The fourth-order valence-corrected chi connectivity index (χ4v) is 6.32. The molecule has 0 heterocycles. The molecule has 0 aliphatic carbocycles. The van der Waals surface area contributed by atoms with Gasteiger partial charge in [-0.25, -0.2) is 0 Å². The van der Waals surface area contributed by atoms with Crippen molar-refractivity contribution >= 4 is 23.9 Å². The Kier molecular flexibility index (Phi) is 6.09. The van der Waals surface area contributed by atoms with Gasteiger partial charge in [-0.05, 0) is 0 Å². The van der Waals surface area contributed by atoms with Gasteiger partial charge in [-0.2, -0.15) is 0 Å². The molecule has 2 aromatic carbocycles. The van der Waals surface area contributed by atoms with Gasteiger partial charge in [0, 0.05) is 0 Å². The zero-order valence-corrected chi connectivity index (χ0v) is 14.1. The number of nitrogens with zero attached hydrogens (tertiary/aromatic N) is 1. The van der Waals surface area contributed by atoms with Crippen LogP contribution in [0.25, 0.3) is 0 Å². The average Bonchev–Trinajstić information content (AvgIpc) is 2.57.